The largest absolute Gasteiger partial charge is 0.469 e. The van der Waals surface area contributed by atoms with E-state index < -0.39 is 26.5 Å². The summed E-state index contributed by atoms with van der Waals surface area (Å²) in [6.07, 6.45) is -1.07. The Balaban J connectivity index is 3.61. The molecule has 0 rings (SSSR count). The molecule has 0 aliphatic heterocycles. The Kier molecular flexibility index (Phi) is 5.90. The number of aliphatic hydroxyl groups is 1. The fourth-order valence-electron chi connectivity index (χ4n) is 0.522. The van der Waals surface area contributed by atoms with Crippen LogP contribution in [0.5, 0.6) is 0 Å². The third kappa shape index (κ3) is 8.15. The molecule has 0 amide bonds. The van der Waals surface area contributed by atoms with E-state index in [-0.39, 0.29) is 13.0 Å². The third-order valence-corrected chi connectivity index (χ3v) is 1.65. The van der Waals surface area contributed by atoms with E-state index in [4.69, 9.17) is 14.9 Å². The van der Waals surface area contributed by atoms with E-state index in [1.807, 2.05) is 0 Å². The summed E-state index contributed by atoms with van der Waals surface area (Å²) in [5.74, 6) is -0.500. The van der Waals surface area contributed by atoms with Gasteiger partial charge in [0.05, 0.1) is 6.61 Å². The van der Waals surface area contributed by atoms with Crippen LogP contribution >= 0.6 is 7.82 Å². The van der Waals surface area contributed by atoms with Crippen molar-refractivity contribution in [3.8, 4) is 0 Å². The van der Waals surface area contributed by atoms with Gasteiger partial charge in [0.1, 0.15) is 12.7 Å². The predicted molar refractivity (Wildman–Crippen MR) is 45.3 cm³/mol. The third-order valence-electron chi connectivity index (χ3n) is 1.16. The van der Waals surface area contributed by atoms with Crippen molar-refractivity contribution >= 4 is 13.8 Å². The number of ether oxygens (including phenoxy) is 1. The molecule has 84 valence electrons. The van der Waals surface area contributed by atoms with Crippen molar-refractivity contribution < 1.29 is 33.5 Å². The number of carbonyl (C=O) groups excluding carboxylic acids is 1. The van der Waals surface area contributed by atoms with Gasteiger partial charge in [0, 0.05) is 6.42 Å². The van der Waals surface area contributed by atoms with Crippen LogP contribution in [0.2, 0.25) is 0 Å². The van der Waals surface area contributed by atoms with Gasteiger partial charge < -0.3 is 19.6 Å². The van der Waals surface area contributed by atoms with Crippen molar-refractivity contribution in [2.45, 2.75) is 19.4 Å². The number of phosphoric ester groups is 1. The highest BCUT2D eigenvalue weighted by molar-refractivity contribution is 7.46. The molecule has 0 aliphatic rings. The molecule has 0 spiro atoms. The van der Waals surface area contributed by atoms with Gasteiger partial charge in [-0.15, -0.1) is 0 Å². The van der Waals surface area contributed by atoms with Crippen LogP contribution in [0.4, 0.5) is 0 Å². The normalized spacial score (nSPS) is 13.7. The van der Waals surface area contributed by atoms with Crippen molar-refractivity contribution in [1.29, 1.82) is 0 Å². The Morgan fingerprint density at radius 1 is 1.43 bits per heavy atom. The van der Waals surface area contributed by atoms with E-state index in [2.05, 4.69) is 9.26 Å². The summed E-state index contributed by atoms with van der Waals surface area (Å²) in [7, 11) is -4.57. The fourth-order valence-corrected chi connectivity index (χ4v) is 0.889. The Hall–Kier alpha value is -0.460. The zero-order valence-corrected chi connectivity index (χ0v) is 8.51. The molecule has 0 aliphatic carbocycles. The lowest BCUT2D eigenvalue weighted by Crippen LogP contribution is -2.23. The lowest BCUT2D eigenvalue weighted by atomic mass is 10.4. The second kappa shape index (κ2) is 6.10. The van der Waals surface area contributed by atoms with Crippen molar-refractivity contribution in [1.82, 2.24) is 0 Å². The molecule has 0 bridgehead atoms. The SMILES string of the molecule is CCC(=O)OCC(O)COP(=O)(O)O. The van der Waals surface area contributed by atoms with Gasteiger partial charge in [0.2, 0.25) is 0 Å². The average molecular weight is 228 g/mol. The van der Waals surface area contributed by atoms with Gasteiger partial charge in [-0.05, 0) is 0 Å². The smallest absolute Gasteiger partial charge is 0.463 e. The summed E-state index contributed by atoms with van der Waals surface area (Å²) in [6, 6.07) is 0. The number of hydrogen-bond acceptors (Lipinski definition) is 5. The minimum absolute atomic E-state index is 0.173. The monoisotopic (exact) mass is 228 g/mol. The van der Waals surface area contributed by atoms with E-state index in [1.54, 1.807) is 6.92 Å². The summed E-state index contributed by atoms with van der Waals surface area (Å²) in [6.45, 7) is 0.662. The van der Waals surface area contributed by atoms with Crippen molar-refractivity contribution in [3.63, 3.8) is 0 Å². The molecule has 0 fully saturated rings. The summed E-state index contributed by atoms with van der Waals surface area (Å²) in [4.78, 5) is 27.1. The molecule has 0 saturated carbocycles. The molecular formula is C6H13O7P. The molecule has 0 radical (unpaired) electrons. The quantitative estimate of drug-likeness (QED) is 0.411. The van der Waals surface area contributed by atoms with Crippen molar-refractivity contribution in [2.75, 3.05) is 13.2 Å². The maximum absolute atomic E-state index is 10.6. The lowest BCUT2D eigenvalue weighted by Gasteiger charge is -2.11. The van der Waals surface area contributed by atoms with Gasteiger partial charge in [-0.25, -0.2) is 4.57 Å². The van der Waals surface area contributed by atoms with Crippen LogP contribution in [0, 0.1) is 0 Å². The van der Waals surface area contributed by atoms with E-state index >= 15 is 0 Å². The van der Waals surface area contributed by atoms with Gasteiger partial charge in [-0.3, -0.25) is 9.32 Å². The molecular weight excluding hydrogens is 215 g/mol. The van der Waals surface area contributed by atoms with Gasteiger partial charge >= 0.3 is 13.8 Å². The first kappa shape index (κ1) is 13.5. The molecule has 7 nitrogen and oxygen atoms in total. The minimum Gasteiger partial charge on any atom is -0.463 e. The molecule has 1 atom stereocenters. The standard InChI is InChI=1S/C6H13O7P/c1-2-6(8)12-3-5(7)4-13-14(9,10)11/h5,7H,2-4H2,1H3,(H2,9,10,11). The minimum atomic E-state index is -4.57. The number of carbonyl (C=O) groups is 1. The summed E-state index contributed by atoms with van der Waals surface area (Å²) < 4.78 is 18.7. The Morgan fingerprint density at radius 3 is 2.43 bits per heavy atom. The second-order valence-electron chi connectivity index (χ2n) is 2.48. The topological polar surface area (TPSA) is 113 Å². The second-order valence-corrected chi connectivity index (χ2v) is 3.72. The highest BCUT2D eigenvalue weighted by Crippen LogP contribution is 2.35. The van der Waals surface area contributed by atoms with Crippen LogP contribution in [-0.4, -0.2) is 40.2 Å². The van der Waals surface area contributed by atoms with E-state index in [9.17, 15) is 9.36 Å². The zero-order chi connectivity index (χ0) is 11.2. The number of rotatable bonds is 6. The molecule has 0 saturated heterocycles. The summed E-state index contributed by atoms with van der Waals surface area (Å²) in [5.41, 5.74) is 0. The number of hydrogen-bond donors (Lipinski definition) is 3. The van der Waals surface area contributed by atoms with Crippen LogP contribution in [-0.2, 0) is 18.6 Å². The Morgan fingerprint density at radius 2 is 2.00 bits per heavy atom. The number of aliphatic hydroxyl groups excluding tert-OH is 1. The fraction of sp³-hybridized carbons (Fsp3) is 0.833. The van der Waals surface area contributed by atoms with Crippen LogP contribution in [0.1, 0.15) is 13.3 Å². The average Bonchev–Trinajstić information content (AvgIpc) is 2.09. The summed E-state index contributed by atoms with van der Waals surface area (Å²) >= 11 is 0. The molecule has 0 aromatic carbocycles. The molecule has 1 unspecified atom stereocenters. The van der Waals surface area contributed by atoms with Gasteiger partial charge in [-0.1, -0.05) is 6.92 Å². The predicted octanol–water partition coefficient (Wildman–Crippen LogP) is -0.590. The first-order valence-electron chi connectivity index (χ1n) is 3.89. The van der Waals surface area contributed by atoms with E-state index in [1.165, 1.54) is 0 Å². The summed E-state index contributed by atoms with van der Waals surface area (Å²) in [5, 5.41) is 9.01. The lowest BCUT2D eigenvalue weighted by molar-refractivity contribution is -0.146. The van der Waals surface area contributed by atoms with Crippen LogP contribution in [0.15, 0.2) is 0 Å². The van der Waals surface area contributed by atoms with E-state index in [0.717, 1.165) is 0 Å². The van der Waals surface area contributed by atoms with Crippen LogP contribution in [0.25, 0.3) is 0 Å². The highest BCUT2D eigenvalue weighted by Gasteiger charge is 2.17. The molecule has 3 N–H and O–H groups in total. The van der Waals surface area contributed by atoms with Crippen LogP contribution < -0.4 is 0 Å². The van der Waals surface area contributed by atoms with Crippen LogP contribution in [0.3, 0.4) is 0 Å². The van der Waals surface area contributed by atoms with Gasteiger partial charge in [0.25, 0.3) is 0 Å². The van der Waals surface area contributed by atoms with Gasteiger partial charge in [0.15, 0.2) is 0 Å². The van der Waals surface area contributed by atoms with Crippen molar-refractivity contribution in [3.05, 3.63) is 0 Å². The van der Waals surface area contributed by atoms with Crippen molar-refractivity contribution in [2.24, 2.45) is 0 Å². The Bertz CT molecular complexity index is 222. The molecule has 0 aromatic heterocycles. The first-order valence-corrected chi connectivity index (χ1v) is 5.42. The molecule has 14 heavy (non-hydrogen) atoms. The van der Waals surface area contributed by atoms with Gasteiger partial charge in [-0.2, -0.15) is 0 Å². The maximum Gasteiger partial charge on any atom is 0.469 e. The Labute approximate surface area is 80.9 Å². The molecule has 0 heterocycles. The molecule has 8 heteroatoms. The van der Waals surface area contributed by atoms with E-state index in [0.29, 0.717) is 0 Å². The maximum atomic E-state index is 10.6. The molecule has 0 aromatic rings. The number of phosphoric acid groups is 1. The first-order chi connectivity index (χ1) is 6.35. The zero-order valence-electron chi connectivity index (χ0n) is 7.62. The number of esters is 1. The highest BCUT2D eigenvalue weighted by atomic mass is 31.2.